The first-order valence-electron chi connectivity index (χ1n) is 5.28. The van der Waals surface area contributed by atoms with Crippen LogP contribution in [0.3, 0.4) is 0 Å². The molecule has 2 aromatic rings. The van der Waals surface area contributed by atoms with Gasteiger partial charge in [-0.2, -0.15) is 0 Å². The number of nitrogen functional groups attached to an aromatic ring is 1. The molecule has 0 aliphatic rings. The maximum Gasteiger partial charge on any atom is 0.167 e. The Morgan fingerprint density at radius 3 is 2.58 bits per heavy atom. The van der Waals surface area contributed by atoms with Gasteiger partial charge in [-0.25, -0.2) is 8.78 Å². The second kappa shape index (κ2) is 5.75. The lowest BCUT2D eigenvalue weighted by Crippen LogP contribution is -2.00. The molecule has 0 bridgehead atoms. The van der Waals surface area contributed by atoms with Gasteiger partial charge in [-0.3, -0.25) is 0 Å². The second-order valence-electron chi connectivity index (χ2n) is 3.83. The van der Waals surface area contributed by atoms with E-state index in [1.807, 2.05) is 0 Å². The SMILES string of the molecule is Nc1cc(F)c(OCc2ccc(Br)cc2Cl)cc1F. The molecule has 0 aromatic heterocycles. The van der Waals surface area contributed by atoms with Crippen LogP contribution < -0.4 is 10.5 Å². The molecular formula is C13H9BrClF2NO. The predicted molar refractivity (Wildman–Crippen MR) is 74.3 cm³/mol. The average Bonchev–Trinajstić information content (AvgIpc) is 2.34. The van der Waals surface area contributed by atoms with Gasteiger partial charge in [-0.1, -0.05) is 33.6 Å². The van der Waals surface area contributed by atoms with Crippen LogP contribution in [0.5, 0.6) is 5.75 Å². The lowest BCUT2D eigenvalue weighted by atomic mass is 10.2. The summed E-state index contributed by atoms with van der Waals surface area (Å²) in [7, 11) is 0. The summed E-state index contributed by atoms with van der Waals surface area (Å²) in [5.41, 5.74) is 5.65. The molecule has 0 fully saturated rings. The number of rotatable bonds is 3. The van der Waals surface area contributed by atoms with Crippen molar-refractivity contribution in [1.82, 2.24) is 0 Å². The van der Waals surface area contributed by atoms with Crippen LogP contribution in [0.2, 0.25) is 5.02 Å². The van der Waals surface area contributed by atoms with Gasteiger partial charge in [0.05, 0.1) is 5.69 Å². The number of ether oxygens (including phenoxy) is 1. The summed E-state index contributed by atoms with van der Waals surface area (Å²) in [5, 5.41) is 0.478. The molecule has 0 aliphatic carbocycles. The van der Waals surface area contributed by atoms with Gasteiger partial charge in [0.1, 0.15) is 12.4 Å². The first-order chi connectivity index (χ1) is 8.97. The van der Waals surface area contributed by atoms with Crippen LogP contribution in [0.4, 0.5) is 14.5 Å². The largest absolute Gasteiger partial charge is 0.486 e. The molecule has 0 heterocycles. The molecule has 0 atom stereocenters. The van der Waals surface area contributed by atoms with Crippen molar-refractivity contribution in [3.63, 3.8) is 0 Å². The van der Waals surface area contributed by atoms with Crippen molar-refractivity contribution < 1.29 is 13.5 Å². The van der Waals surface area contributed by atoms with Crippen molar-refractivity contribution in [2.75, 3.05) is 5.73 Å². The van der Waals surface area contributed by atoms with E-state index in [4.69, 9.17) is 22.1 Å². The fourth-order valence-corrected chi connectivity index (χ4v) is 2.18. The van der Waals surface area contributed by atoms with Gasteiger partial charge in [0.2, 0.25) is 0 Å². The smallest absolute Gasteiger partial charge is 0.167 e. The van der Waals surface area contributed by atoms with E-state index in [9.17, 15) is 8.78 Å². The molecule has 100 valence electrons. The number of anilines is 1. The summed E-state index contributed by atoms with van der Waals surface area (Å²) in [6.07, 6.45) is 0. The molecule has 0 saturated carbocycles. The Labute approximate surface area is 122 Å². The van der Waals surface area contributed by atoms with Gasteiger partial charge in [-0.05, 0) is 12.1 Å². The predicted octanol–water partition coefficient (Wildman–Crippen LogP) is 4.54. The van der Waals surface area contributed by atoms with E-state index in [-0.39, 0.29) is 18.0 Å². The van der Waals surface area contributed by atoms with E-state index < -0.39 is 11.6 Å². The number of hydrogen-bond donors (Lipinski definition) is 1. The quantitative estimate of drug-likeness (QED) is 0.826. The Hall–Kier alpha value is -1.33. The minimum atomic E-state index is -0.724. The Bertz CT molecular complexity index is 622. The number of hydrogen-bond acceptors (Lipinski definition) is 2. The zero-order valence-corrected chi connectivity index (χ0v) is 11.9. The van der Waals surface area contributed by atoms with Crippen molar-refractivity contribution in [3.8, 4) is 5.75 Å². The minimum Gasteiger partial charge on any atom is -0.486 e. The molecule has 2 rings (SSSR count). The van der Waals surface area contributed by atoms with Crippen LogP contribution in [0.1, 0.15) is 5.56 Å². The van der Waals surface area contributed by atoms with Crippen molar-refractivity contribution in [1.29, 1.82) is 0 Å². The first kappa shape index (κ1) is 14.1. The van der Waals surface area contributed by atoms with E-state index in [1.165, 1.54) is 0 Å². The summed E-state index contributed by atoms with van der Waals surface area (Å²) in [5.74, 6) is -1.64. The Morgan fingerprint density at radius 2 is 1.89 bits per heavy atom. The van der Waals surface area contributed by atoms with Crippen LogP contribution in [0.25, 0.3) is 0 Å². The topological polar surface area (TPSA) is 35.2 Å². The van der Waals surface area contributed by atoms with Gasteiger partial charge in [0.15, 0.2) is 11.6 Å². The van der Waals surface area contributed by atoms with Crippen LogP contribution in [0.15, 0.2) is 34.8 Å². The zero-order chi connectivity index (χ0) is 14.0. The van der Waals surface area contributed by atoms with Crippen LogP contribution in [0, 0.1) is 11.6 Å². The third-order valence-electron chi connectivity index (χ3n) is 2.45. The third-order valence-corrected chi connectivity index (χ3v) is 3.29. The maximum absolute atomic E-state index is 13.5. The molecule has 2 N–H and O–H groups in total. The summed E-state index contributed by atoms with van der Waals surface area (Å²) in [6.45, 7) is 0.0341. The van der Waals surface area contributed by atoms with Crippen LogP contribution in [-0.2, 0) is 6.61 Å². The van der Waals surface area contributed by atoms with Gasteiger partial charge in [0, 0.05) is 27.2 Å². The van der Waals surface area contributed by atoms with Gasteiger partial charge in [0.25, 0.3) is 0 Å². The monoisotopic (exact) mass is 347 g/mol. The lowest BCUT2D eigenvalue weighted by molar-refractivity contribution is 0.288. The molecule has 2 aromatic carbocycles. The molecule has 0 amide bonds. The lowest BCUT2D eigenvalue weighted by Gasteiger charge is -2.10. The zero-order valence-electron chi connectivity index (χ0n) is 9.59. The molecule has 0 radical (unpaired) electrons. The van der Waals surface area contributed by atoms with E-state index in [0.717, 1.165) is 16.6 Å². The van der Waals surface area contributed by atoms with Gasteiger partial charge >= 0.3 is 0 Å². The van der Waals surface area contributed by atoms with Crippen molar-refractivity contribution >= 4 is 33.2 Å². The van der Waals surface area contributed by atoms with E-state index in [0.29, 0.717) is 10.6 Å². The molecule has 0 unspecified atom stereocenters. The van der Waals surface area contributed by atoms with Crippen LogP contribution in [-0.4, -0.2) is 0 Å². The molecule has 6 heteroatoms. The Balaban J connectivity index is 2.16. The number of nitrogens with two attached hydrogens (primary N) is 1. The normalized spacial score (nSPS) is 10.5. The highest BCUT2D eigenvalue weighted by Gasteiger charge is 2.10. The average molecular weight is 349 g/mol. The van der Waals surface area contributed by atoms with Gasteiger partial charge in [-0.15, -0.1) is 0 Å². The summed E-state index contributed by atoms with van der Waals surface area (Å²) in [4.78, 5) is 0. The van der Waals surface area contributed by atoms with Gasteiger partial charge < -0.3 is 10.5 Å². The van der Waals surface area contributed by atoms with Crippen molar-refractivity contribution in [2.45, 2.75) is 6.61 Å². The first-order valence-corrected chi connectivity index (χ1v) is 6.45. The van der Waals surface area contributed by atoms with E-state index >= 15 is 0 Å². The molecule has 0 spiro atoms. The Morgan fingerprint density at radius 1 is 1.16 bits per heavy atom. The van der Waals surface area contributed by atoms with Crippen molar-refractivity contribution in [2.24, 2.45) is 0 Å². The fourth-order valence-electron chi connectivity index (χ4n) is 1.45. The van der Waals surface area contributed by atoms with E-state index in [2.05, 4.69) is 15.9 Å². The number of halogens is 4. The minimum absolute atomic E-state index is 0.0341. The molecule has 19 heavy (non-hydrogen) atoms. The highest BCUT2D eigenvalue weighted by Crippen LogP contribution is 2.26. The second-order valence-corrected chi connectivity index (χ2v) is 5.15. The van der Waals surface area contributed by atoms with Crippen molar-refractivity contribution in [3.05, 3.63) is 57.0 Å². The summed E-state index contributed by atoms with van der Waals surface area (Å²) >= 11 is 9.27. The standard InChI is InChI=1S/C13H9BrClF2NO/c14-8-2-1-7(9(15)3-8)6-19-13-5-10(16)12(18)4-11(13)17/h1-5H,6,18H2. The van der Waals surface area contributed by atoms with E-state index in [1.54, 1.807) is 18.2 Å². The highest BCUT2D eigenvalue weighted by molar-refractivity contribution is 9.10. The molecule has 2 nitrogen and oxygen atoms in total. The fraction of sp³-hybridized carbons (Fsp3) is 0.0769. The Kier molecular flexibility index (Phi) is 4.27. The molecule has 0 saturated heterocycles. The summed E-state index contributed by atoms with van der Waals surface area (Å²) in [6, 6.07) is 7.01. The third kappa shape index (κ3) is 3.36. The van der Waals surface area contributed by atoms with Crippen LogP contribution >= 0.6 is 27.5 Å². The highest BCUT2D eigenvalue weighted by atomic mass is 79.9. The molecular weight excluding hydrogens is 340 g/mol. The summed E-state index contributed by atoms with van der Waals surface area (Å²) < 4.78 is 32.7. The maximum atomic E-state index is 13.5. The molecule has 0 aliphatic heterocycles. The number of benzene rings is 2.